The van der Waals surface area contributed by atoms with E-state index in [1.54, 1.807) is 24.7 Å². The fourth-order valence-corrected chi connectivity index (χ4v) is 3.15. The van der Waals surface area contributed by atoms with Crippen molar-refractivity contribution in [3.8, 4) is 17.4 Å². The van der Waals surface area contributed by atoms with E-state index < -0.39 is 10.0 Å². The molecule has 120 valence electrons. The first kappa shape index (κ1) is 15.9. The lowest BCUT2D eigenvalue weighted by Crippen LogP contribution is -2.23. The molecule has 7 heteroatoms. The summed E-state index contributed by atoms with van der Waals surface area (Å²) in [5, 5.41) is 8.76. The van der Waals surface area contributed by atoms with Gasteiger partial charge in [0.15, 0.2) is 0 Å². The summed E-state index contributed by atoms with van der Waals surface area (Å²) in [6.45, 7) is 0.101. The van der Waals surface area contributed by atoms with Gasteiger partial charge in [0.25, 0.3) is 0 Å². The molecule has 2 heterocycles. The number of aromatic nitrogens is 1. The molecule has 6 nitrogen and oxygen atoms in total. The van der Waals surface area contributed by atoms with Crippen LogP contribution in [0.2, 0.25) is 0 Å². The van der Waals surface area contributed by atoms with E-state index in [-0.39, 0.29) is 11.4 Å². The number of rotatable bonds is 5. The third-order valence-corrected chi connectivity index (χ3v) is 4.78. The molecular formula is C17H13N3O3S. The van der Waals surface area contributed by atoms with Crippen LogP contribution in [0.5, 0.6) is 0 Å². The molecule has 0 radical (unpaired) electrons. The maximum atomic E-state index is 12.3. The van der Waals surface area contributed by atoms with E-state index in [0.717, 1.165) is 5.56 Å². The molecule has 0 aliphatic rings. The maximum Gasteiger partial charge on any atom is 0.240 e. The zero-order chi connectivity index (χ0) is 17.0. The number of furan rings is 1. The van der Waals surface area contributed by atoms with Crippen LogP contribution in [0.25, 0.3) is 11.3 Å². The third-order valence-electron chi connectivity index (χ3n) is 3.36. The molecule has 0 aliphatic heterocycles. The molecule has 0 atom stereocenters. The molecule has 3 rings (SSSR count). The smallest absolute Gasteiger partial charge is 0.240 e. The third kappa shape index (κ3) is 3.51. The van der Waals surface area contributed by atoms with Crippen LogP contribution >= 0.6 is 0 Å². The van der Waals surface area contributed by atoms with Crippen LogP contribution in [0, 0.1) is 11.3 Å². The molecule has 0 bridgehead atoms. The number of nitriles is 1. The van der Waals surface area contributed by atoms with Crippen LogP contribution in [0.1, 0.15) is 11.1 Å². The van der Waals surface area contributed by atoms with Gasteiger partial charge in [0.1, 0.15) is 5.76 Å². The molecule has 1 N–H and O–H groups in total. The molecule has 0 amide bonds. The predicted molar refractivity (Wildman–Crippen MR) is 87.1 cm³/mol. The Balaban J connectivity index is 1.75. The van der Waals surface area contributed by atoms with Gasteiger partial charge in [-0.1, -0.05) is 0 Å². The average molecular weight is 339 g/mol. The SMILES string of the molecule is N#Cc1ccc(S(=O)(=O)NCc2cncc(-c3ccco3)c2)cc1. The van der Waals surface area contributed by atoms with E-state index in [9.17, 15) is 8.42 Å². The van der Waals surface area contributed by atoms with E-state index >= 15 is 0 Å². The summed E-state index contributed by atoms with van der Waals surface area (Å²) in [5.41, 5.74) is 1.89. The largest absolute Gasteiger partial charge is 0.464 e. The van der Waals surface area contributed by atoms with Crippen molar-refractivity contribution in [1.29, 1.82) is 5.26 Å². The Morgan fingerprint density at radius 2 is 1.96 bits per heavy atom. The van der Waals surface area contributed by atoms with Gasteiger partial charge >= 0.3 is 0 Å². The molecule has 0 aliphatic carbocycles. The molecular weight excluding hydrogens is 326 g/mol. The second kappa shape index (κ2) is 6.66. The topological polar surface area (TPSA) is 96.0 Å². The summed E-state index contributed by atoms with van der Waals surface area (Å²) in [4.78, 5) is 4.21. The van der Waals surface area contributed by atoms with Gasteiger partial charge in [-0.15, -0.1) is 0 Å². The zero-order valence-corrected chi connectivity index (χ0v) is 13.3. The highest BCUT2D eigenvalue weighted by Crippen LogP contribution is 2.20. The second-order valence-corrected chi connectivity index (χ2v) is 6.79. The number of benzene rings is 1. The molecule has 24 heavy (non-hydrogen) atoms. The van der Waals surface area contributed by atoms with Crippen LogP contribution in [0.4, 0.5) is 0 Å². The van der Waals surface area contributed by atoms with Crippen LogP contribution in [-0.4, -0.2) is 13.4 Å². The van der Waals surface area contributed by atoms with Crippen molar-refractivity contribution in [1.82, 2.24) is 9.71 Å². The summed E-state index contributed by atoms with van der Waals surface area (Å²) < 4.78 is 32.4. The number of nitrogens with zero attached hydrogens (tertiary/aromatic N) is 2. The molecule has 3 aromatic rings. The van der Waals surface area contributed by atoms with Gasteiger partial charge in [0, 0.05) is 24.5 Å². The monoisotopic (exact) mass is 339 g/mol. The van der Waals surface area contributed by atoms with Gasteiger partial charge in [-0.3, -0.25) is 4.98 Å². The fourth-order valence-electron chi connectivity index (χ4n) is 2.13. The molecule has 0 unspecified atom stereocenters. The number of sulfonamides is 1. The van der Waals surface area contributed by atoms with Gasteiger partial charge in [-0.2, -0.15) is 5.26 Å². The van der Waals surface area contributed by atoms with Crippen LogP contribution < -0.4 is 4.72 Å². The molecule has 0 fully saturated rings. The van der Waals surface area contributed by atoms with Crippen molar-refractivity contribution in [2.75, 3.05) is 0 Å². The summed E-state index contributed by atoms with van der Waals surface area (Å²) in [6, 6.07) is 13.1. The zero-order valence-electron chi connectivity index (χ0n) is 12.5. The van der Waals surface area contributed by atoms with Gasteiger partial charge in [-0.25, -0.2) is 13.1 Å². The first-order valence-electron chi connectivity index (χ1n) is 7.06. The number of hydrogen-bond donors (Lipinski definition) is 1. The van der Waals surface area contributed by atoms with Crippen molar-refractivity contribution < 1.29 is 12.8 Å². The Hall–Kier alpha value is -2.95. The Labute approximate surface area is 139 Å². The highest BCUT2D eigenvalue weighted by atomic mass is 32.2. The van der Waals surface area contributed by atoms with Crippen LogP contribution in [-0.2, 0) is 16.6 Å². The molecule has 0 saturated heterocycles. The summed E-state index contributed by atoms with van der Waals surface area (Å²) >= 11 is 0. The Kier molecular flexibility index (Phi) is 4.42. The number of hydrogen-bond acceptors (Lipinski definition) is 5. The predicted octanol–water partition coefficient (Wildman–Crippen LogP) is 2.69. The highest BCUT2D eigenvalue weighted by Gasteiger charge is 2.14. The lowest BCUT2D eigenvalue weighted by atomic mass is 10.2. The van der Waals surface area contributed by atoms with Crippen LogP contribution in [0.15, 0.2) is 70.4 Å². The van der Waals surface area contributed by atoms with Crippen molar-refractivity contribution in [3.63, 3.8) is 0 Å². The fraction of sp³-hybridized carbons (Fsp3) is 0.0588. The standard InChI is InChI=1S/C17H13N3O3S/c18-9-13-3-5-16(6-4-13)24(21,22)20-11-14-8-15(12-19-10-14)17-2-1-7-23-17/h1-8,10,12,20H,11H2. The van der Waals surface area contributed by atoms with E-state index in [4.69, 9.17) is 9.68 Å². The lowest BCUT2D eigenvalue weighted by molar-refractivity contribution is 0.580. The minimum atomic E-state index is -3.66. The minimum Gasteiger partial charge on any atom is -0.464 e. The van der Waals surface area contributed by atoms with Crippen molar-refractivity contribution in [2.45, 2.75) is 11.4 Å². The second-order valence-electron chi connectivity index (χ2n) is 5.02. The molecule has 2 aromatic heterocycles. The van der Waals surface area contributed by atoms with Gasteiger partial charge in [-0.05, 0) is 48.0 Å². The van der Waals surface area contributed by atoms with Gasteiger partial charge in [0.05, 0.1) is 22.8 Å². The normalized spacial score (nSPS) is 11.1. The van der Waals surface area contributed by atoms with Crippen molar-refractivity contribution in [3.05, 3.63) is 72.2 Å². The van der Waals surface area contributed by atoms with Gasteiger partial charge < -0.3 is 4.42 Å². The Morgan fingerprint density at radius 1 is 1.17 bits per heavy atom. The van der Waals surface area contributed by atoms with Crippen molar-refractivity contribution in [2.24, 2.45) is 0 Å². The van der Waals surface area contributed by atoms with Crippen LogP contribution in [0.3, 0.4) is 0 Å². The highest BCUT2D eigenvalue weighted by molar-refractivity contribution is 7.89. The summed E-state index contributed by atoms with van der Waals surface area (Å²) in [5.74, 6) is 0.666. The summed E-state index contributed by atoms with van der Waals surface area (Å²) in [7, 11) is -3.66. The Bertz CT molecular complexity index is 973. The minimum absolute atomic E-state index is 0.101. The van der Waals surface area contributed by atoms with Gasteiger partial charge in [0.2, 0.25) is 10.0 Å². The van der Waals surface area contributed by atoms with E-state index in [0.29, 0.717) is 16.9 Å². The van der Waals surface area contributed by atoms with E-state index in [1.807, 2.05) is 18.2 Å². The quantitative estimate of drug-likeness (QED) is 0.771. The van der Waals surface area contributed by atoms with E-state index in [2.05, 4.69) is 9.71 Å². The molecule has 0 spiro atoms. The molecule has 0 saturated carbocycles. The summed E-state index contributed by atoms with van der Waals surface area (Å²) in [6.07, 6.45) is 4.81. The number of pyridine rings is 1. The average Bonchev–Trinajstić information content (AvgIpc) is 3.15. The van der Waals surface area contributed by atoms with E-state index in [1.165, 1.54) is 24.3 Å². The Morgan fingerprint density at radius 3 is 2.62 bits per heavy atom. The lowest BCUT2D eigenvalue weighted by Gasteiger charge is -2.07. The van der Waals surface area contributed by atoms with Crippen molar-refractivity contribution >= 4 is 10.0 Å². The first-order valence-corrected chi connectivity index (χ1v) is 8.54. The number of nitrogens with one attached hydrogen (secondary N) is 1. The first-order chi connectivity index (χ1) is 11.6. The molecule has 1 aromatic carbocycles. The maximum absolute atomic E-state index is 12.3.